The molecule has 1 N–H and O–H groups in total. The van der Waals surface area contributed by atoms with Gasteiger partial charge in [-0.05, 0) is 33.0 Å². The van der Waals surface area contributed by atoms with E-state index in [2.05, 4.69) is 11.9 Å². The minimum Gasteiger partial charge on any atom is -0.395 e. The third kappa shape index (κ3) is 3.46. The summed E-state index contributed by atoms with van der Waals surface area (Å²) in [4.78, 5) is 16.2. The summed E-state index contributed by atoms with van der Waals surface area (Å²) in [5, 5.41) is 9.05. The van der Waals surface area contributed by atoms with Crippen LogP contribution in [0.4, 0.5) is 0 Å². The van der Waals surface area contributed by atoms with Crippen LogP contribution < -0.4 is 0 Å². The van der Waals surface area contributed by atoms with Gasteiger partial charge in [0.25, 0.3) is 0 Å². The smallest absolute Gasteiger partial charge is 0.225 e. The molecular formula is C12H24N2O2. The first-order valence-electron chi connectivity index (χ1n) is 6.16. The van der Waals surface area contributed by atoms with Gasteiger partial charge in [0.1, 0.15) is 0 Å². The fourth-order valence-corrected chi connectivity index (χ4v) is 2.22. The normalized spacial score (nSPS) is 19.1. The summed E-state index contributed by atoms with van der Waals surface area (Å²) < 4.78 is 0. The fourth-order valence-electron chi connectivity index (χ4n) is 2.22. The molecule has 0 unspecified atom stereocenters. The van der Waals surface area contributed by atoms with E-state index >= 15 is 0 Å². The molecule has 0 radical (unpaired) electrons. The molecule has 0 spiro atoms. The lowest BCUT2D eigenvalue weighted by Gasteiger charge is -2.38. The maximum absolute atomic E-state index is 12.0. The largest absolute Gasteiger partial charge is 0.395 e. The summed E-state index contributed by atoms with van der Waals surface area (Å²) in [5.41, 5.74) is 0. The number of likely N-dealkylation sites (tertiary alicyclic amines) is 1. The van der Waals surface area contributed by atoms with Gasteiger partial charge in [0, 0.05) is 18.5 Å². The van der Waals surface area contributed by atoms with Crippen LogP contribution in [0.1, 0.15) is 26.7 Å². The maximum atomic E-state index is 12.0. The maximum Gasteiger partial charge on any atom is 0.225 e. The van der Waals surface area contributed by atoms with Crippen LogP contribution in [0.25, 0.3) is 0 Å². The molecule has 0 bridgehead atoms. The molecule has 1 rings (SSSR count). The molecule has 1 fully saturated rings. The van der Waals surface area contributed by atoms with Gasteiger partial charge < -0.3 is 14.9 Å². The fraction of sp³-hybridized carbons (Fsp3) is 0.917. The average molecular weight is 228 g/mol. The highest BCUT2D eigenvalue weighted by Crippen LogP contribution is 2.17. The van der Waals surface area contributed by atoms with Gasteiger partial charge in [-0.1, -0.05) is 13.8 Å². The van der Waals surface area contributed by atoms with Crippen molar-refractivity contribution in [2.24, 2.45) is 5.92 Å². The van der Waals surface area contributed by atoms with E-state index in [-0.39, 0.29) is 18.4 Å². The number of amides is 1. The predicted octanol–water partition coefficient (Wildman–Crippen LogP) is 0.557. The molecule has 1 saturated heterocycles. The lowest BCUT2D eigenvalue weighted by atomic mass is 10.0. The zero-order valence-corrected chi connectivity index (χ0v) is 10.6. The van der Waals surface area contributed by atoms with Gasteiger partial charge in [-0.25, -0.2) is 0 Å². The van der Waals surface area contributed by atoms with Crippen LogP contribution in [0, 0.1) is 5.92 Å². The van der Waals surface area contributed by atoms with Crippen molar-refractivity contribution in [2.75, 3.05) is 33.3 Å². The first-order valence-corrected chi connectivity index (χ1v) is 6.16. The molecule has 4 heteroatoms. The second-order valence-corrected chi connectivity index (χ2v) is 4.94. The van der Waals surface area contributed by atoms with E-state index in [0.29, 0.717) is 12.6 Å². The Kier molecular flexibility index (Phi) is 5.22. The van der Waals surface area contributed by atoms with Crippen LogP contribution in [-0.2, 0) is 4.79 Å². The third-order valence-electron chi connectivity index (χ3n) is 3.25. The molecule has 0 saturated carbocycles. The van der Waals surface area contributed by atoms with Crippen molar-refractivity contribution in [3.63, 3.8) is 0 Å². The van der Waals surface area contributed by atoms with Crippen molar-refractivity contribution in [1.29, 1.82) is 0 Å². The number of nitrogens with zero attached hydrogens (tertiary/aromatic N) is 2. The van der Waals surface area contributed by atoms with Crippen LogP contribution >= 0.6 is 0 Å². The number of piperidine rings is 1. The molecule has 0 aliphatic carbocycles. The first kappa shape index (κ1) is 13.5. The Morgan fingerprint density at radius 3 is 2.44 bits per heavy atom. The highest BCUT2D eigenvalue weighted by atomic mass is 16.3. The van der Waals surface area contributed by atoms with Gasteiger partial charge in [0.05, 0.1) is 6.61 Å². The predicted molar refractivity (Wildman–Crippen MR) is 64.2 cm³/mol. The van der Waals surface area contributed by atoms with E-state index in [9.17, 15) is 4.79 Å². The third-order valence-corrected chi connectivity index (χ3v) is 3.25. The Morgan fingerprint density at radius 2 is 2.00 bits per heavy atom. The second kappa shape index (κ2) is 6.21. The summed E-state index contributed by atoms with van der Waals surface area (Å²) in [6.07, 6.45) is 2.05. The van der Waals surface area contributed by atoms with Crippen molar-refractivity contribution < 1.29 is 9.90 Å². The van der Waals surface area contributed by atoms with Gasteiger partial charge in [-0.2, -0.15) is 0 Å². The van der Waals surface area contributed by atoms with Gasteiger partial charge in [0.2, 0.25) is 5.91 Å². The van der Waals surface area contributed by atoms with Gasteiger partial charge in [-0.3, -0.25) is 4.79 Å². The SMILES string of the molecule is CC(C)C(=O)N(CCO)C1CCN(C)CC1. The summed E-state index contributed by atoms with van der Waals surface area (Å²) in [7, 11) is 2.11. The molecule has 4 nitrogen and oxygen atoms in total. The zero-order chi connectivity index (χ0) is 12.1. The summed E-state index contributed by atoms with van der Waals surface area (Å²) in [6.45, 7) is 6.45. The summed E-state index contributed by atoms with van der Waals surface area (Å²) in [5.74, 6) is 0.190. The number of aliphatic hydroxyl groups is 1. The molecule has 0 aromatic carbocycles. The minimum absolute atomic E-state index is 0.0196. The number of hydrogen-bond acceptors (Lipinski definition) is 3. The van der Waals surface area contributed by atoms with Crippen molar-refractivity contribution in [2.45, 2.75) is 32.7 Å². The van der Waals surface area contributed by atoms with Crippen molar-refractivity contribution in [3.05, 3.63) is 0 Å². The Hall–Kier alpha value is -0.610. The molecule has 1 amide bonds. The van der Waals surface area contributed by atoms with E-state index in [1.807, 2.05) is 18.7 Å². The number of hydrogen-bond donors (Lipinski definition) is 1. The molecule has 0 aromatic rings. The highest BCUT2D eigenvalue weighted by Gasteiger charge is 2.27. The number of carbonyl (C=O) groups is 1. The Labute approximate surface area is 98.2 Å². The Morgan fingerprint density at radius 1 is 1.44 bits per heavy atom. The van der Waals surface area contributed by atoms with E-state index in [4.69, 9.17) is 5.11 Å². The lowest BCUT2D eigenvalue weighted by molar-refractivity contribution is -0.138. The van der Waals surface area contributed by atoms with Crippen LogP contribution in [0.2, 0.25) is 0 Å². The van der Waals surface area contributed by atoms with Crippen molar-refractivity contribution in [1.82, 2.24) is 9.80 Å². The minimum atomic E-state index is 0.0196. The Bertz CT molecular complexity index is 223. The molecule has 0 aromatic heterocycles. The average Bonchev–Trinajstić information content (AvgIpc) is 2.26. The van der Waals surface area contributed by atoms with Crippen LogP contribution in [-0.4, -0.2) is 60.1 Å². The van der Waals surface area contributed by atoms with E-state index in [1.54, 1.807) is 0 Å². The summed E-state index contributed by atoms with van der Waals surface area (Å²) in [6, 6.07) is 0.318. The number of rotatable bonds is 4. The number of aliphatic hydroxyl groups excluding tert-OH is 1. The molecule has 1 aliphatic rings. The van der Waals surface area contributed by atoms with Gasteiger partial charge in [-0.15, -0.1) is 0 Å². The zero-order valence-electron chi connectivity index (χ0n) is 10.6. The molecule has 0 atom stereocenters. The second-order valence-electron chi connectivity index (χ2n) is 4.94. The molecule has 94 valence electrons. The molecule has 1 aliphatic heterocycles. The monoisotopic (exact) mass is 228 g/mol. The quantitative estimate of drug-likeness (QED) is 0.764. The van der Waals surface area contributed by atoms with Crippen LogP contribution in [0.15, 0.2) is 0 Å². The van der Waals surface area contributed by atoms with Gasteiger partial charge >= 0.3 is 0 Å². The molecule has 1 heterocycles. The van der Waals surface area contributed by atoms with Crippen molar-refractivity contribution in [3.8, 4) is 0 Å². The summed E-state index contributed by atoms with van der Waals surface area (Å²) >= 11 is 0. The van der Waals surface area contributed by atoms with Gasteiger partial charge in [0.15, 0.2) is 0 Å². The molecular weight excluding hydrogens is 204 g/mol. The van der Waals surface area contributed by atoms with Crippen LogP contribution in [0.5, 0.6) is 0 Å². The highest BCUT2D eigenvalue weighted by molar-refractivity contribution is 5.78. The van der Waals surface area contributed by atoms with E-state index in [0.717, 1.165) is 25.9 Å². The topological polar surface area (TPSA) is 43.8 Å². The first-order chi connectivity index (χ1) is 7.56. The number of carbonyl (C=O) groups excluding carboxylic acids is 1. The molecule has 16 heavy (non-hydrogen) atoms. The van der Waals surface area contributed by atoms with Crippen LogP contribution in [0.3, 0.4) is 0 Å². The Balaban J connectivity index is 2.59. The standard InChI is InChI=1S/C12H24N2O2/c1-10(2)12(16)14(8-9-15)11-4-6-13(3)7-5-11/h10-11,15H,4-9H2,1-3H3. The van der Waals surface area contributed by atoms with E-state index in [1.165, 1.54) is 0 Å². The van der Waals surface area contributed by atoms with E-state index < -0.39 is 0 Å². The lowest BCUT2D eigenvalue weighted by Crippen LogP contribution is -2.48. The van der Waals surface area contributed by atoms with Crippen molar-refractivity contribution >= 4 is 5.91 Å².